The summed E-state index contributed by atoms with van der Waals surface area (Å²) >= 11 is 0. The van der Waals surface area contributed by atoms with Gasteiger partial charge < -0.3 is 14.0 Å². The summed E-state index contributed by atoms with van der Waals surface area (Å²) in [6, 6.07) is 51.4. The van der Waals surface area contributed by atoms with Gasteiger partial charge in [-0.15, -0.1) is 0 Å². The zero-order valence-corrected chi connectivity index (χ0v) is 24.6. The van der Waals surface area contributed by atoms with Gasteiger partial charge in [-0.1, -0.05) is 97.1 Å². The summed E-state index contributed by atoms with van der Waals surface area (Å²) in [4.78, 5) is 2.53. The average molecular weight is 576 g/mol. The largest absolute Gasteiger partial charge is 0.333 e. The second kappa shape index (κ2) is 9.35. The van der Waals surface area contributed by atoms with Crippen LogP contribution in [0.1, 0.15) is 11.5 Å². The molecule has 212 valence electrons. The van der Waals surface area contributed by atoms with Crippen molar-refractivity contribution in [3.8, 4) is 11.4 Å². The zero-order chi connectivity index (χ0) is 29.5. The molecule has 8 aromatic rings. The van der Waals surface area contributed by atoms with Crippen LogP contribution in [0.3, 0.4) is 0 Å². The number of aromatic nitrogens is 2. The maximum Gasteiger partial charge on any atom is 0.0629 e. The highest BCUT2D eigenvalue weighted by Crippen LogP contribution is 2.48. The second-order valence-corrected chi connectivity index (χ2v) is 12.2. The standard InChI is InChI=1S/C42H29N3/c1-2-12-28(13-3-1)43-41-24-22-29(44-37-18-8-4-14-31(37)32-15-5-9-19-38(32)44)26-35(41)36-27-30(23-25-42(36)43)45-39-20-10-6-16-33(39)34-17-7-11-21-40(34)45/h1-27,31,37H. The van der Waals surface area contributed by atoms with E-state index in [1.807, 2.05) is 0 Å². The molecule has 1 aliphatic heterocycles. The van der Waals surface area contributed by atoms with Crippen LogP contribution in [0.25, 0.3) is 55.0 Å². The first-order valence-corrected chi connectivity index (χ1v) is 15.7. The summed E-state index contributed by atoms with van der Waals surface area (Å²) in [5.74, 6) is 0.356. The van der Waals surface area contributed by atoms with Crippen molar-refractivity contribution in [2.24, 2.45) is 0 Å². The lowest BCUT2D eigenvalue weighted by molar-refractivity contribution is 0.745. The number of nitrogens with zero attached hydrogens (tertiary/aromatic N) is 3. The van der Waals surface area contributed by atoms with Crippen LogP contribution in [0.5, 0.6) is 0 Å². The molecule has 3 nitrogen and oxygen atoms in total. The third-order valence-corrected chi connectivity index (χ3v) is 9.82. The van der Waals surface area contributed by atoms with Crippen molar-refractivity contribution in [1.82, 2.24) is 9.13 Å². The Balaban J connectivity index is 1.25. The molecule has 1 aliphatic carbocycles. The summed E-state index contributed by atoms with van der Waals surface area (Å²) in [5, 5.41) is 5.06. The van der Waals surface area contributed by atoms with Crippen molar-refractivity contribution in [2.75, 3.05) is 4.90 Å². The minimum Gasteiger partial charge on any atom is -0.333 e. The number of para-hydroxylation sites is 4. The lowest BCUT2D eigenvalue weighted by Gasteiger charge is -2.28. The van der Waals surface area contributed by atoms with Crippen molar-refractivity contribution in [3.05, 3.63) is 169 Å². The molecule has 2 aliphatic rings. The molecule has 10 rings (SSSR count). The fourth-order valence-corrected chi connectivity index (χ4v) is 7.93. The second-order valence-electron chi connectivity index (χ2n) is 12.2. The average Bonchev–Trinajstić information content (AvgIpc) is 3.74. The smallest absolute Gasteiger partial charge is 0.0629 e. The molecular formula is C42H29N3. The molecule has 2 unspecified atom stereocenters. The Hall–Kier alpha value is -5.80. The highest BCUT2D eigenvalue weighted by Gasteiger charge is 2.37. The van der Waals surface area contributed by atoms with Gasteiger partial charge in [-0.3, -0.25) is 0 Å². The van der Waals surface area contributed by atoms with E-state index < -0.39 is 0 Å². The Morgan fingerprint density at radius 2 is 0.956 bits per heavy atom. The van der Waals surface area contributed by atoms with Gasteiger partial charge in [0.25, 0.3) is 0 Å². The fourth-order valence-electron chi connectivity index (χ4n) is 7.93. The predicted molar refractivity (Wildman–Crippen MR) is 189 cm³/mol. The minimum absolute atomic E-state index is 0.264. The van der Waals surface area contributed by atoms with Gasteiger partial charge >= 0.3 is 0 Å². The molecule has 6 aromatic carbocycles. The molecule has 2 atom stereocenters. The molecule has 0 bridgehead atoms. The first-order chi connectivity index (χ1) is 22.3. The number of fused-ring (bicyclic) bond motifs is 9. The van der Waals surface area contributed by atoms with E-state index in [1.54, 1.807) is 0 Å². The molecule has 0 fully saturated rings. The third-order valence-electron chi connectivity index (χ3n) is 9.82. The molecule has 0 amide bonds. The first-order valence-electron chi connectivity index (χ1n) is 15.7. The zero-order valence-electron chi connectivity index (χ0n) is 24.6. The molecule has 2 aromatic heterocycles. The van der Waals surface area contributed by atoms with Crippen molar-refractivity contribution < 1.29 is 0 Å². The van der Waals surface area contributed by atoms with Crippen molar-refractivity contribution in [3.63, 3.8) is 0 Å². The molecule has 3 heterocycles. The Morgan fingerprint density at radius 1 is 0.400 bits per heavy atom. The van der Waals surface area contributed by atoms with E-state index in [-0.39, 0.29) is 6.04 Å². The first kappa shape index (κ1) is 24.6. The van der Waals surface area contributed by atoms with E-state index in [1.165, 1.54) is 71.9 Å². The number of anilines is 2. The van der Waals surface area contributed by atoms with Crippen molar-refractivity contribution in [2.45, 2.75) is 12.0 Å². The van der Waals surface area contributed by atoms with Gasteiger partial charge in [0, 0.05) is 50.2 Å². The SMILES string of the molecule is C1=CC2c3ccccc3N(c3ccc4c(c3)c3cc(-n5c6ccccc6c6ccccc65)ccc3n4-c3ccccc3)C2C=C1. The molecule has 45 heavy (non-hydrogen) atoms. The summed E-state index contributed by atoms with van der Waals surface area (Å²) in [7, 11) is 0. The normalized spacial score (nSPS) is 17.1. The van der Waals surface area contributed by atoms with Crippen LogP contribution in [-0.4, -0.2) is 15.2 Å². The van der Waals surface area contributed by atoms with E-state index in [9.17, 15) is 0 Å². The molecule has 0 spiro atoms. The topological polar surface area (TPSA) is 13.1 Å². The lowest BCUT2D eigenvalue weighted by Crippen LogP contribution is -2.28. The summed E-state index contributed by atoms with van der Waals surface area (Å²) in [5.41, 5.74) is 11.1. The highest BCUT2D eigenvalue weighted by molar-refractivity contribution is 6.13. The molecular weight excluding hydrogens is 546 g/mol. The van der Waals surface area contributed by atoms with E-state index in [4.69, 9.17) is 0 Å². The molecule has 0 radical (unpaired) electrons. The van der Waals surface area contributed by atoms with E-state index >= 15 is 0 Å². The quantitative estimate of drug-likeness (QED) is 0.204. The Bertz CT molecular complexity index is 2460. The molecule has 3 heteroatoms. The molecule has 0 N–H and O–H groups in total. The predicted octanol–water partition coefficient (Wildman–Crippen LogP) is 10.6. The van der Waals surface area contributed by atoms with Gasteiger partial charge in [0.2, 0.25) is 0 Å². The number of hydrogen-bond acceptors (Lipinski definition) is 1. The molecule has 0 saturated carbocycles. The van der Waals surface area contributed by atoms with Crippen LogP contribution in [0, 0.1) is 0 Å². The van der Waals surface area contributed by atoms with Crippen LogP contribution in [-0.2, 0) is 0 Å². The minimum atomic E-state index is 0.264. The highest BCUT2D eigenvalue weighted by atomic mass is 15.2. The fraction of sp³-hybridized carbons (Fsp3) is 0.0476. The maximum atomic E-state index is 2.53. The number of hydrogen-bond donors (Lipinski definition) is 0. The van der Waals surface area contributed by atoms with Gasteiger partial charge in [-0.25, -0.2) is 0 Å². The third kappa shape index (κ3) is 3.46. The Labute approximate surface area is 261 Å². The van der Waals surface area contributed by atoms with Crippen molar-refractivity contribution >= 4 is 55.0 Å². The summed E-state index contributed by atoms with van der Waals surface area (Å²) < 4.78 is 4.83. The van der Waals surface area contributed by atoms with Gasteiger partial charge in [0.1, 0.15) is 0 Å². The van der Waals surface area contributed by atoms with Crippen molar-refractivity contribution in [1.29, 1.82) is 0 Å². The van der Waals surface area contributed by atoms with E-state index in [0.717, 1.165) is 0 Å². The van der Waals surface area contributed by atoms with Crippen LogP contribution in [0.15, 0.2) is 164 Å². The molecule has 0 saturated heterocycles. The van der Waals surface area contributed by atoms with E-state index in [2.05, 4.69) is 178 Å². The number of benzene rings is 6. The summed E-state index contributed by atoms with van der Waals surface area (Å²) in [6.45, 7) is 0. The van der Waals surface area contributed by atoms with E-state index in [0.29, 0.717) is 5.92 Å². The van der Waals surface area contributed by atoms with Gasteiger partial charge in [0.05, 0.1) is 28.1 Å². The Morgan fingerprint density at radius 3 is 1.71 bits per heavy atom. The van der Waals surface area contributed by atoms with Gasteiger partial charge in [-0.2, -0.15) is 0 Å². The van der Waals surface area contributed by atoms with Gasteiger partial charge in [0.15, 0.2) is 0 Å². The number of rotatable bonds is 3. The lowest BCUT2D eigenvalue weighted by atomic mass is 9.91. The number of allylic oxidation sites excluding steroid dienone is 2. The summed E-state index contributed by atoms with van der Waals surface area (Å²) in [6.07, 6.45) is 9.08. The maximum absolute atomic E-state index is 2.53. The van der Waals surface area contributed by atoms with Crippen LogP contribution >= 0.6 is 0 Å². The van der Waals surface area contributed by atoms with Gasteiger partial charge in [-0.05, 0) is 72.3 Å². The van der Waals surface area contributed by atoms with Crippen LogP contribution in [0.2, 0.25) is 0 Å². The van der Waals surface area contributed by atoms with Crippen LogP contribution in [0.4, 0.5) is 11.4 Å². The Kier molecular flexibility index (Phi) is 5.11. The monoisotopic (exact) mass is 575 g/mol. The van der Waals surface area contributed by atoms with Crippen LogP contribution < -0.4 is 4.90 Å².